The predicted molar refractivity (Wildman–Crippen MR) is 127 cm³/mol. The standard InChI is InChI=1S/C23H22ClN3O2S/c1-16-4-3-5-20(12-16)26-23(30)27-25-14-18-8-11-21(22(13-18)28-2)29-15-17-6-9-19(24)10-7-17/h3-14H,15H2,1-2H3,(H2,26,27,30)/b25-14+. The summed E-state index contributed by atoms with van der Waals surface area (Å²) in [5.74, 6) is 1.27. The zero-order chi connectivity index (χ0) is 21.3. The number of rotatable bonds is 7. The first-order valence-corrected chi connectivity index (χ1v) is 10.0. The van der Waals surface area contributed by atoms with Crippen molar-refractivity contribution in [3.05, 3.63) is 88.4 Å². The van der Waals surface area contributed by atoms with E-state index in [0.717, 1.165) is 22.4 Å². The van der Waals surface area contributed by atoms with Crippen LogP contribution in [0, 0.1) is 6.92 Å². The van der Waals surface area contributed by atoms with Gasteiger partial charge in [-0.3, -0.25) is 5.43 Å². The second kappa shape index (κ2) is 10.6. The third-order valence-electron chi connectivity index (χ3n) is 4.15. The second-order valence-electron chi connectivity index (χ2n) is 6.52. The summed E-state index contributed by atoms with van der Waals surface area (Å²) >= 11 is 11.2. The average molecular weight is 440 g/mol. The van der Waals surface area contributed by atoms with Gasteiger partial charge in [-0.1, -0.05) is 35.9 Å². The van der Waals surface area contributed by atoms with E-state index in [0.29, 0.717) is 28.2 Å². The van der Waals surface area contributed by atoms with Crippen LogP contribution >= 0.6 is 23.8 Å². The molecule has 3 aromatic rings. The zero-order valence-corrected chi connectivity index (χ0v) is 18.3. The Kier molecular flexibility index (Phi) is 7.65. The van der Waals surface area contributed by atoms with Crippen molar-refractivity contribution in [2.75, 3.05) is 12.4 Å². The van der Waals surface area contributed by atoms with Crippen LogP contribution in [0.15, 0.2) is 71.8 Å². The Morgan fingerprint density at radius 1 is 1.07 bits per heavy atom. The number of halogens is 1. The molecule has 0 unspecified atom stereocenters. The summed E-state index contributed by atoms with van der Waals surface area (Å²) in [5.41, 5.74) is 6.73. The van der Waals surface area contributed by atoms with Crippen LogP contribution in [0.3, 0.4) is 0 Å². The van der Waals surface area contributed by atoms with E-state index in [1.54, 1.807) is 13.3 Å². The minimum absolute atomic E-state index is 0.409. The summed E-state index contributed by atoms with van der Waals surface area (Å²) in [6.07, 6.45) is 1.66. The van der Waals surface area contributed by atoms with E-state index in [1.807, 2.05) is 73.7 Å². The lowest BCUT2D eigenvalue weighted by atomic mass is 10.2. The van der Waals surface area contributed by atoms with Gasteiger partial charge in [-0.05, 0) is 78.3 Å². The normalized spacial score (nSPS) is 10.6. The molecule has 154 valence electrons. The van der Waals surface area contributed by atoms with E-state index in [4.69, 9.17) is 33.3 Å². The summed E-state index contributed by atoms with van der Waals surface area (Å²) in [6, 6.07) is 21.0. The molecule has 3 rings (SSSR count). The fraction of sp³-hybridized carbons (Fsp3) is 0.130. The Balaban J connectivity index is 1.57. The molecule has 0 heterocycles. The van der Waals surface area contributed by atoms with Gasteiger partial charge in [-0.25, -0.2) is 0 Å². The largest absolute Gasteiger partial charge is 0.493 e. The van der Waals surface area contributed by atoms with Gasteiger partial charge in [0, 0.05) is 10.7 Å². The molecule has 0 spiro atoms. The SMILES string of the molecule is COc1cc(/C=N/NC(=S)Nc2cccc(C)c2)ccc1OCc1ccc(Cl)cc1. The van der Waals surface area contributed by atoms with Crippen LogP contribution in [0.2, 0.25) is 5.02 Å². The molecule has 0 aliphatic heterocycles. The monoisotopic (exact) mass is 439 g/mol. The number of hydrazone groups is 1. The molecule has 0 saturated heterocycles. The van der Waals surface area contributed by atoms with Crippen LogP contribution < -0.4 is 20.2 Å². The summed E-state index contributed by atoms with van der Waals surface area (Å²) < 4.78 is 11.3. The molecule has 0 aliphatic rings. The summed E-state index contributed by atoms with van der Waals surface area (Å²) in [4.78, 5) is 0. The highest BCUT2D eigenvalue weighted by atomic mass is 35.5. The summed E-state index contributed by atoms with van der Waals surface area (Å²) in [5, 5.41) is 8.37. The fourth-order valence-corrected chi connectivity index (χ4v) is 2.97. The number of nitrogens with one attached hydrogen (secondary N) is 2. The highest BCUT2D eigenvalue weighted by Crippen LogP contribution is 2.28. The smallest absolute Gasteiger partial charge is 0.191 e. The van der Waals surface area contributed by atoms with Gasteiger partial charge < -0.3 is 14.8 Å². The Labute approximate surface area is 186 Å². The molecule has 30 heavy (non-hydrogen) atoms. The fourth-order valence-electron chi connectivity index (χ4n) is 2.67. The third kappa shape index (κ3) is 6.47. The molecule has 0 aromatic heterocycles. The Morgan fingerprint density at radius 2 is 1.87 bits per heavy atom. The number of anilines is 1. The second-order valence-corrected chi connectivity index (χ2v) is 7.36. The first-order chi connectivity index (χ1) is 14.5. The molecule has 0 bridgehead atoms. The molecule has 0 aliphatic carbocycles. The molecule has 0 atom stereocenters. The van der Waals surface area contributed by atoms with Crippen molar-refractivity contribution in [3.8, 4) is 11.5 Å². The lowest BCUT2D eigenvalue weighted by Gasteiger charge is -2.11. The number of hydrogen-bond acceptors (Lipinski definition) is 4. The van der Waals surface area contributed by atoms with Gasteiger partial charge in [0.2, 0.25) is 0 Å². The third-order valence-corrected chi connectivity index (χ3v) is 4.60. The number of methoxy groups -OCH3 is 1. The van der Waals surface area contributed by atoms with Gasteiger partial charge in [0.15, 0.2) is 16.6 Å². The number of ether oxygens (including phenoxy) is 2. The number of aryl methyl sites for hydroxylation is 1. The molecule has 0 amide bonds. The van der Waals surface area contributed by atoms with Crippen LogP contribution in [0.5, 0.6) is 11.5 Å². The maximum Gasteiger partial charge on any atom is 0.191 e. The number of benzene rings is 3. The number of hydrogen-bond donors (Lipinski definition) is 2. The number of thiocarbonyl (C=S) groups is 1. The van der Waals surface area contributed by atoms with Crippen molar-refractivity contribution in [2.45, 2.75) is 13.5 Å². The Morgan fingerprint density at radius 3 is 2.60 bits per heavy atom. The minimum atomic E-state index is 0.409. The molecule has 3 aromatic carbocycles. The predicted octanol–water partition coefficient (Wildman–Crippen LogP) is 5.56. The van der Waals surface area contributed by atoms with Gasteiger partial charge in [-0.15, -0.1) is 0 Å². The van der Waals surface area contributed by atoms with E-state index in [9.17, 15) is 0 Å². The van der Waals surface area contributed by atoms with Gasteiger partial charge in [0.1, 0.15) is 6.61 Å². The van der Waals surface area contributed by atoms with Gasteiger partial charge in [-0.2, -0.15) is 5.10 Å². The Hall–Kier alpha value is -3.09. The van der Waals surface area contributed by atoms with Crippen molar-refractivity contribution in [2.24, 2.45) is 5.10 Å². The van der Waals surface area contributed by atoms with E-state index in [1.165, 1.54) is 0 Å². The van der Waals surface area contributed by atoms with Crippen molar-refractivity contribution in [3.63, 3.8) is 0 Å². The first-order valence-electron chi connectivity index (χ1n) is 9.25. The topological polar surface area (TPSA) is 54.9 Å². The van der Waals surface area contributed by atoms with Crippen LogP contribution in [0.25, 0.3) is 0 Å². The molecule has 2 N–H and O–H groups in total. The van der Waals surface area contributed by atoms with Crippen molar-refractivity contribution in [1.82, 2.24) is 5.43 Å². The highest BCUT2D eigenvalue weighted by Gasteiger charge is 2.06. The Bertz CT molecular complexity index is 1040. The molecular weight excluding hydrogens is 418 g/mol. The molecule has 5 nitrogen and oxygen atoms in total. The van der Waals surface area contributed by atoms with Gasteiger partial charge in [0.25, 0.3) is 0 Å². The lowest BCUT2D eigenvalue weighted by molar-refractivity contribution is 0.284. The van der Waals surface area contributed by atoms with E-state index in [2.05, 4.69) is 15.8 Å². The lowest BCUT2D eigenvalue weighted by Crippen LogP contribution is -2.23. The van der Waals surface area contributed by atoms with Crippen molar-refractivity contribution in [1.29, 1.82) is 0 Å². The first kappa shape index (κ1) is 21.6. The minimum Gasteiger partial charge on any atom is -0.493 e. The van der Waals surface area contributed by atoms with E-state index < -0.39 is 0 Å². The summed E-state index contributed by atoms with van der Waals surface area (Å²) in [7, 11) is 1.60. The van der Waals surface area contributed by atoms with Crippen molar-refractivity contribution >= 4 is 40.8 Å². The van der Waals surface area contributed by atoms with E-state index in [-0.39, 0.29) is 0 Å². The highest BCUT2D eigenvalue weighted by molar-refractivity contribution is 7.80. The van der Waals surface area contributed by atoms with Crippen LogP contribution in [-0.2, 0) is 6.61 Å². The molecule has 0 radical (unpaired) electrons. The molecule has 0 saturated carbocycles. The van der Waals surface area contributed by atoms with E-state index >= 15 is 0 Å². The molecule has 7 heteroatoms. The summed E-state index contributed by atoms with van der Waals surface area (Å²) in [6.45, 7) is 2.44. The molecule has 0 fully saturated rings. The van der Waals surface area contributed by atoms with Gasteiger partial charge in [0.05, 0.1) is 13.3 Å². The van der Waals surface area contributed by atoms with Crippen LogP contribution in [0.4, 0.5) is 5.69 Å². The zero-order valence-electron chi connectivity index (χ0n) is 16.7. The maximum atomic E-state index is 5.91. The van der Waals surface area contributed by atoms with Crippen LogP contribution in [0.1, 0.15) is 16.7 Å². The number of nitrogens with zero attached hydrogens (tertiary/aromatic N) is 1. The molecular formula is C23H22ClN3O2S. The maximum absolute atomic E-state index is 5.91. The average Bonchev–Trinajstić information content (AvgIpc) is 2.73. The van der Waals surface area contributed by atoms with Crippen LogP contribution in [-0.4, -0.2) is 18.4 Å². The van der Waals surface area contributed by atoms with Crippen molar-refractivity contribution < 1.29 is 9.47 Å². The van der Waals surface area contributed by atoms with Gasteiger partial charge >= 0.3 is 0 Å². The quantitative estimate of drug-likeness (QED) is 0.287.